The van der Waals surface area contributed by atoms with Crippen molar-refractivity contribution >= 4 is 35.1 Å². The quantitative estimate of drug-likeness (QED) is 0.544. The third-order valence-electron chi connectivity index (χ3n) is 4.22. The zero-order valence-corrected chi connectivity index (χ0v) is 17.3. The zero-order chi connectivity index (χ0) is 20.8. The van der Waals surface area contributed by atoms with Gasteiger partial charge in [0, 0.05) is 11.4 Å². The standard InChI is InChI=1S/C20H20Cl2N2O4/c1-4-27-19(25)15-11(2)24-12(3)16(20(26)28-10-6-9-23)17(15)13-7-5-8-14(21)18(13)22/h5,7-8,17,24H,4,6,10H2,1-3H3. The predicted octanol–water partition coefficient (Wildman–Crippen LogP) is 4.25. The first-order chi connectivity index (χ1) is 13.3. The lowest BCUT2D eigenvalue weighted by Gasteiger charge is -2.31. The maximum atomic E-state index is 12.8. The minimum atomic E-state index is -0.818. The number of dihydropyridines is 1. The molecule has 6 nitrogen and oxygen atoms in total. The SMILES string of the molecule is CCOC(=O)C1=C(C)NC(C)=C(C(=O)OCCC#N)C1c1cccc(Cl)c1Cl. The fourth-order valence-electron chi connectivity index (χ4n) is 3.07. The van der Waals surface area contributed by atoms with E-state index < -0.39 is 17.9 Å². The van der Waals surface area contributed by atoms with Gasteiger partial charge in [-0.2, -0.15) is 5.26 Å². The van der Waals surface area contributed by atoms with Gasteiger partial charge in [0.1, 0.15) is 6.61 Å². The van der Waals surface area contributed by atoms with Crippen LogP contribution in [0.3, 0.4) is 0 Å². The molecule has 2 rings (SSSR count). The molecule has 0 saturated heterocycles. The summed E-state index contributed by atoms with van der Waals surface area (Å²) in [5, 5.41) is 12.3. The third-order valence-corrected chi connectivity index (χ3v) is 5.05. The second-order valence-corrected chi connectivity index (χ2v) is 6.83. The average Bonchev–Trinajstić information content (AvgIpc) is 2.63. The van der Waals surface area contributed by atoms with E-state index in [0.717, 1.165) is 0 Å². The van der Waals surface area contributed by atoms with Gasteiger partial charge in [-0.1, -0.05) is 35.3 Å². The molecule has 0 fully saturated rings. The van der Waals surface area contributed by atoms with Crippen LogP contribution in [0.4, 0.5) is 0 Å². The minimum absolute atomic E-state index is 0.0560. The van der Waals surface area contributed by atoms with Crippen molar-refractivity contribution in [2.75, 3.05) is 13.2 Å². The molecule has 1 aliphatic rings. The van der Waals surface area contributed by atoms with Gasteiger partial charge in [-0.3, -0.25) is 0 Å². The maximum absolute atomic E-state index is 12.8. The monoisotopic (exact) mass is 422 g/mol. The van der Waals surface area contributed by atoms with Gasteiger partial charge in [0.2, 0.25) is 0 Å². The number of ether oxygens (including phenoxy) is 2. The highest BCUT2D eigenvalue weighted by Crippen LogP contribution is 2.43. The van der Waals surface area contributed by atoms with Crippen molar-refractivity contribution in [3.05, 3.63) is 56.3 Å². The van der Waals surface area contributed by atoms with Gasteiger partial charge in [0.05, 0.1) is 46.2 Å². The molecule has 1 atom stereocenters. The minimum Gasteiger partial charge on any atom is -0.463 e. The number of esters is 2. The van der Waals surface area contributed by atoms with Crippen LogP contribution < -0.4 is 5.32 Å². The molecule has 0 saturated carbocycles. The van der Waals surface area contributed by atoms with E-state index in [1.165, 1.54) is 0 Å². The number of rotatable bonds is 6. The van der Waals surface area contributed by atoms with Crippen molar-refractivity contribution in [3.63, 3.8) is 0 Å². The molecule has 28 heavy (non-hydrogen) atoms. The van der Waals surface area contributed by atoms with Crippen molar-refractivity contribution in [1.29, 1.82) is 5.26 Å². The third kappa shape index (κ3) is 4.49. The summed E-state index contributed by atoms with van der Waals surface area (Å²) in [5.41, 5.74) is 2.03. The number of halogens is 2. The van der Waals surface area contributed by atoms with E-state index in [1.54, 1.807) is 39.0 Å². The second-order valence-electron chi connectivity index (χ2n) is 6.04. The summed E-state index contributed by atoms with van der Waals surface area (Å²) in [6, 6.07) is 6.93. The Hall–Kier alpha value is -2.49. The topological polar surface area (TPSA) is 88.4 Å². The van der Waals surface area contributed by atoms with Crippen molar-refractivity contribution in [2.45, 2.75) is 33.1 Å². The Kier molecular flexibility index (Phi) is 7.50. The zero-order valence-electron chi connectivity index (χ0n) is 15.8. The van der Waals surface area contributed by atoms with Crippen LogP contribution in [0, 0.1) is 11.3 Å². The molecular formula is C20H20Cl2N2O4. The summed E-state index contributed by atoms with van der Waals surface area (Å²) in [7, 11) is 0. The Bertz CT molecular complexity index is 900. The highest BCUT2D eigenvalue weighted by atomic mass is 35.5. The van der Waals surface area contributed by atoms with Crippen LogP contribution >= 0.6 is 23.2 Å². The average molecular weight is 423 g/mol. The maximum Gasteiger partial charge on any atom is 0.336 e. The van der Waals surface area contributed by atoms with E-state index >= 15 is 0 Å². The molecule has 0 amide bonds. The molecule has 1 N–H and O–H groups in total. The van der Waals surface area contributed by atoms with E-state index in [1.807, 2.05) is 6.07 Å². The van der Waals surface area contributed by atoms with Gasteiger partial charge in [-0.25, -0.2) is 9.59 Å². The van der Waals surface area contributed by atoms with Crippen LogP contribution in [0.1, 0.15) is 38.7 Å². The number of carbonyl (C=O) groups is 2. The molecule has 0 bridgehead atoms. The number of hydrogen-bond donors (Lipinski definition) is 1. The Morgan fingerprint density at radius 2 is 1.75 bits per heavy atom. The van der Waals surface area contributed by atoms with Crippen LogP contribution in [0.2, 0.25) is 10.0 Å². The van der Waals surface area contributed by atoms with Crippen molar-refractivity contribution in [2.24, 2.45) is 0 Å². The molecule has 0 radical (unpaired) electrons. The van der Waals surface area contributed by atoms with E-state index in [-0.39, 0.29) is 35.8 Å². The summed E-state index contributed by atoms with van der Waals surface area (Å²) in [6.45, 7) is 5.25. The smallest absolute Gasteiger partial charge is 0.336 e. The highest BCUT2D eigenvalue weighted by molar-refractivity contribution is 6.42. The van der Waals surface area contributed by atoms with E-state index in [0.29, 0.717) is 22.0 Å². The fourth-order valence-corrected chi connectivity index (χ4v) is 3.48. The van der Waals surface area contributed by atoms with Crippen molar-refractivity contribution < 1.29 is 19.1 Å². The van der Waals surface area contributed by atoms with E-state index in [4.69, 9.17) is 37.9 Å². The normalized spacial score (nSPS) is 16.4. The number of hydrogen-bond acceptors (Lipinski definition) is 6. The molecule has 148 valence electrons. The van der Waals surface area contributed by atoms with Gasteiger partial charge in [0.25, 0.3) is 0 Å². The van der Waals surface area contributed by atoms with Gasteiger partial charge in [-0.15, -0.1) is 0 Å². The van der Waals surface area contributed by atoms with E-state index in [9.17, 15) is 9.59 Å². The predicted molar refractivity (Wildman–Crippen MR) is 106 cm³/mol. The Morgan fingerprint density at radius 3 is 2.32 bits per heavy atom. The summed E-state index contributed by atoms with van der Waals surface area (Å²) in [5.74, 6) is -2.03. The molecule has 1 unspecified atom stereocenters. The number of benzene rings is 1. The largest absolute Gasteiger partial charge is 0.463 e. The van der Waals surface area contributed by atoms with Crippen LogP contribution in [0.25, 0.3) is 0 Å². The van der Waals surface area contributed by atoms with E-state index in [2.05, 4.69) is 5.32 Å². The first-order valence-electron chi connectivity index (χ1n) is 8.67. The lowest BCUT2D eigenvalue weighted by molar-refractivity contribution is -0.139. The van der Waals surface area contributed by atoms with Crippen LogP contribution in [-0.4, -0.2) is 25.2 Å². The van der Waals surface area contributed by atoms with Gasteiger partial charge in [0.15, 0.2) is 0 Å². The molecular weight excluding hydrogens is 403 g/mol. The highest BCUT2D eigenvalue weighted by Gasteiger charge is 2.39. The number of nitrogens with zero attached hydrogens (tertiary/aromatic N) is 1. The summed E-state index contributed by atoms with van der Waals surface area (Å²) in [6.07, 6.45) is 0.0632. The van der Waals surface area contributed by atoms with Crippen molar-refractivity contribution in [3.8, 4) is 6.07 Å². The molecule has 1 aromatic carbocycles. The second kappa shape index (κ2) is 9.63. The number of carbonyl (C=O) groups excluding carboxylic acids is 2. The van der Waals surface area contributed by atoms with Crippen LogP contribution in [0.15, 0.2) is 40.7 Å². The lowest BCUT2D eigenvalue weighted by atomic mass is 9.80. The Morgan fingerprint density at radius 1 is 1.14 bits per heavy atom. The van der Waals surface area contributed by atoms with Crippen LogP contribution in [0.5, 0.6) is 0 Å². The molecule has 0 spiro atoms. The molecule has 0 aromatic heterocycles. The van der Waals surface area contributed by atoms with Gasteiger partial charge in [-0.05, 0) is 32.4 Å². The Balaban J connectivity index is 2.63. The Labute approximate surface area is 173 Å². The molecule has 8 heteroatoms. The van der Waals surface area contributed by atoms with Crippen LogP contribution in [-0.2, 0) is 19.1 Å². The summed E-state index contributed by atoms with van der Waals surface area (Å²) < 4.78 is 10.4. The molecule has 1 aromatic rings. The van der Waals surface area contributed by atoms with Gasteiger partial charge >= 0.3 is 11.9 Å². The number of allylic oxidation sites excluding steroid dienone is 2. The number of nitriles is 1. The molecule has 1 aliphatic heterocycles. The first kappa shape index (κ1) is 21.8. The first-order valence-corrected chi connectivity index (χ1v) is 9.42. The summed E-state index contributed by atoms with van der Waals surface area (Å²) >= 11 is 12.6. The van der Waals surface area contributed by atoms with Crippen molar-refractivity contribution in [1.82, 2.24) is 5.32 Å². The molecule has 1 heterocycles. The number of nitrogens with one attached hydrogen (secondary N) is 1. The molecule has 0 aliphatic carbocycles. The summed E-state index contributed by atoms with van der Waals surface area (Å²) in [4.78, 5) is 25.5. The fraction of sp³-hybridized carbons (Fsp3) is 0.350. The lowest BCUT2D eigenvalue weighted by Crippen LogP contribution is -2.32. The van der Waals surface area contributed by atoms with Gasteiger partial charge < -0.3 is 14.8 Å².